The van der Waals surface area contributed by atoms with E-state index in [-0.39, 0.29) is 6.04 Å². The molecule has 0 radical (unpaired) electrons. The van der Waals surface area contributed by atoms with Crippen molar-refractivity contribution in [2.75, 3.05) is 26.3 Å². The molecule has 2 unspecified atom stereocenters. The van der Waals surface area contributed by atoms with Gasteiger partial charge in [0.15, 0.2) is 0 Å². The van der Waals surface area contributed by atoms with Gasteiger partial charge in [-0.25, -0.2) is 0 Å². The van der Waals surface area contributed by atoms with Crippen LogP contribution in [-0.4, -0.2) is 48.3 Å². The molecular formula is C13H23NO3. The van der Waals surface area contributed by atoms with Crippen LogP contribution in [-0.2, 0) is 9.53 Å². The van der Waals surface area contributed by atoms with Gasteiger partial charge in [0, 0.05) is 25.6 Å². The summed E-state index contributed by atoms with van der Waals surface area (Å²) in [6.07, 6.45) is 3.78. The van der Waals surface area contributed by atoms with Crippen LogP contribution < -0.4 is 0 Å². The lowest BCUT2D eigenvalue weighted by Crippen LogP contribution is -2.41. The molecule has 2 aliphatic rings. The number of carboxylic acids is 1. The summed E-state index contributed by atoms with van der Waals surface area (Å²) in [7, 11) is 0. The largest absolute Gasteiger partial charge is 0.480 e. The molecule has 4 heteroatoms. The molecule has 0 aromatic carbocycles. The van der Waals surface area contributed by atoms with Gasteiger partial charge in [0.1, 0.15) is 6.04 Å². The average Bonchev–Trinajstić information content (AvgIpc) is 2.64. The van der Waals surface area contributed by atoms with E-state index in [1.165, 1.54) is 19.3 Å². The van der Waals surface area contributed by atoms with Crippen LogP contribution in [0.1, 0.15) is 33.1 Å². The molecule has 17 heavy (non-hydrogen) atoms. The molecule has 1 N–H and O–H groups in total. The zero-order chi connectivity index (χ0) is 12.5. The van der Waals surface area contributed by atoms with Crippen LogP contribution in [0.3, 0.4) is 0 Å². The molecule has 4 nitrogen and oxygen atoms in total. The van der Waals surface area contributed by atoms with E-state index in [2.05, 4.69) is 4.90 Å². The maximum Gasteiger partial charge on any atom is 0.320 e. The number of ether oxygens (including phenoxy) is 1. The number of nitrogens with zero attached hydrogens (tertiary/aromatic N) is 1. The van der Waals surface area contributed by atoms with Crippen molar-refractivity contribution in [1.82, 2.24) is 4.90 Å². The molecule has 2 rings (SSSR count). The number of hydrogen-bond donors (Lipinski definition) is 1. The number of likely N-dealkylation sites (tertiary alicyclic amines) is 1. The highest BCUT2D eigenvalue weighted by Crippen LogP contribution is 2.52. The van der Waals surface area contributed by atoms with Gasteiger partial charge < -0.3 is 9.84 Å². The van der Waals surface area contributed by atoms with Crippen molar-refractivity contribution in [2.24, 2.45) is 11.3 Å². The monoisotopic (exact) mass is 241 g/mol. The fourth-order valence-electron chi connectivity index (χ4n) is 3.21. The van der Waals surface area contributed by atoms with Gasteiger partial charge in [-0.15, -0.1) is 0 Å². The molecule has 1 spiro atoms. The van der Waals surface area contributed by atoms with Crippen LogP contribution in [0, 0.1) is 11.3 Å². The van der Waals surface area contributed by atoms with E-state index in [0.717, 1.165) is 26.3 Å². The molecular weight excluding hydrogens is 218 g/mol. The second-order valence-corrected chi connectivity index (χ2v) is 5.52. The summed E-state index contributed by atoms with van der Waals surface area (Å²) < 4.78 is 5.56. The first-order valence-electron chi connectivity index (χ1n) is 6.63. The van der Waals surface area contributed by atoms with E-state index in [1.807, 2.05) is 6.92 Å². The number of rotatable bonds is 5. The molecule has 2 atom stereocenters. The van der Waals surface area contributed by atoms with Crippen molar-refractivity contribution >= 4 is 5.97 Å². The first-order valence-corrected chi connectivity index (χ1v) is 6.63. The molecule has 1 heterocycles. The number of hydrogen-bond acceptors (Lipinski definition) is 3. The molecule has 0 amide bonds. The Labute approximate surface area is 103 Å². The minimum absolute atomic E-state index is 0.360. The maximum atomic E-state index is 11.1. The van der Waals surface area contributed by atoms with E-state index < -0.39 is 5.97 Å². The Bertz CT molecular complexity index is 288. The molecule has 1 aliphatic carbocycles. The van der Waals surface area contributed by atoms with Gasteiger partial charge in [0.25, 0.3) is 0 Å². The molecule has 2 fully saturated rings. The van der Waals surface area contributed by atoms with Crippen molar-refractivity contribution in [1.29, 1.82) is 0 Å². The molecule has 1 saturated heterocycles. The minimum Gasteiger partial charge on any atom is -0.480 e. The SMILES string of the molecule is CCOCC1CN(C(C)C(=O)O)CC12CCC2. The van der Waals surface area contributed by atoms with Crippen molar-refractivity contribution in [3.05, 3.63) is 0 Å². The van der Waals surface area contributed by atoms with Crippen LogP contribution in [0.4, 0.5) is 0 Å². The number of carboxylic acid groups (broad SMARTS) is 1. The lowest BCUT2D eigenvalue weighted by molar-refractivity contribution is -0.142. The van der Waals surface area contributed by atoms with E-state index in [4.69, 9.17) is 9.84 Å². The van der Waals surface area contributed by atoms with Crippen molar-refractivity contribution in [3.63, 3.8) is 0 Å². The summed E-state index contributed by atoms with van der Waals surface area (Å²) in [6, 6.07) is -0.362. The summed E-state index contributed by atoms with van der Waals surface area (Å²) >= 11 is 0. The van der Waals surface area contributed by atoms with Crippen molar-refractivity contribution < 1.29 is 14.6 Å². The molecule has 98 valence electrons. The van der Waals surface area contributed by atoms with Gasteiger partial charge >= 0.3 is 5.97 Å². The standard InChI is InChI=1S/C13H23NO3/c1-3-17-8-11-7-14(10(2)12(15)16)9-13(11)5-4-6-13/h10-11H,3-9H2,1-2H3,(H,15,16). The van der Waals surface area contributed by atoms with Crippen LogP contribution >= 0.6 is 0 Å². The van der Waals surface area contributed by atoms with Gasteiger partial charge in [-0.2, -0.15) is 0 Å². The molecule has 1 aliphatic heterocycles. The summed E-state index contributed by atoms with van der Waals surface area (Å²) in [5.41, 5.74) is 0.360. The van der Waals surface area contributed by atoms with Gasteiger partial charge in [0.2, 0.25) is 0 Å². The highest BCUT2D eigenvalue weighted by Gasteiger charge is 2.51. The molecule has 1 saturated carbocycles. The smallest absolute Gasteiger partial charge is 0.320 e. The van der Waals surface area contributed by atoms with Gasteiger partial charge in [-0.1, -0.05) is 6.42 Å². The summed E-state index contributed by atoms with van der Waals surface area (Å²) in [4.78, 5) is 13.2. The van der Waals surface area contributed by atoms with E-state index in [0.29, 0.717) is 11.3 Å². The Kier molecular flexibility index (Phi) is 3.73. The third-order valence-electron chi connectivity index (χ3n) is 4.62. The highest BCUT2D eigenvalue weighted by atomic mass is 16.5. The minimum atomic E-state index is -0.712. The van der Waals surface area contributed by atoms with E-state index in [1.54, 1.807) is 6.92 Å². The summed E-state index contributed by atoms with van der Waals surface area (Å²) in [5.74, 6) is -0.186. The fourth-order valence-corrected chi connectivity index (χ4v) is 3.21. The Morgan fingerprint density at radius 2 is 2.29 bits per heavy atom. The van der Waals surface area contributed by atoms with Crippen molar-refractivity contribution in [2.45, 2.75) is 39.2 Å². The number of carbonyl (C=O) groups is 1. The van der Waals surface area contributed by atoms with Crippen LogP contribution in [0.2, 0.25) is 0 Å². The Morgan fingerprint density at radius 3 is 2.76 bits per heavy atom. The Hall–Kier alpha value is -0.610. The van der Waals surface area contributed by atoms with Crippen molar-refractivity contribution in [3.8, 4) is 0 Å². The highest BCUT2D eigenvalue weighted by molar-refractivity contribution is 5.72. The van der Waals surface area contributed by atoms with Gasteiger partial charge in [-0.3, -0.25) is 9.69 Å². The lowest BCUT2D eigenvalue weighted by Gasteiger charge is -2.43. The molecule has 0 bridgehead atoms. The fraction of sp³-hybridized carbons (Fsp3) is 0.923. The Morgan fingerprint density at radius 1 is 1.59 bits per heavy atom. The quantitative estimate of drug-likeness (QED) is 0.794. The second-order valence-electron chi connectivity index (χ2n) is 5.52. The first-order chi connectivity index (χ1) is 8.09. The number of aliphatic carboxylic acids is 1. The third-order valence-corrected chi connectivity index (χ3v) is 4.62. The first kappa shape index (κ1) is 12.8. The normalized spacial score (nSPS) is 29.2. The maximum absolute atomic E-state index is 11.1. The van der Waals surface area contributed by atoms with Crippen LogP contribution in [0.25, 0.3) is 0 Å². The summed E-state index contributed by atoms with van der Waals surface area (Å²) in [5, 5.41) is 9.09. The van der Waals surface area contributed by atoms with Gasteiger partial charge in [0.05, 0.1) is 6.61 Å². The topological polar surface area (TPSA) is 49.8 Å². The summed E-state index contributed by atoms with van der Waals surface area (Å²) in [6.45, 7) is 7.17. The second kappa shape index (κ2) is 4.94. The molecule has 0 aromatic heterocycles. The van der Waals surface area contributed by atoms with E-state index >= 15 is 0 Å². The van der Waals surface area contributed by atoms with Crippen LogP contribution in [0.15, 0.2) is 0 Å². The zero-order valence-corrected chi connectivity index (χ0v) is 10.8. The van der Waals surface area contributed by atoms with E-state index in [9.17, 15) is 4.79 Å². The van der Waals surface area contributed by atoms with Crippen LogP contribution in [0.5, 0.6) is 0 Å². The lowest BCUT2D eigenvalue weighted by atomic mass is 9.63. The predicted octanol–water partition coefficient (Wildman–Crippen LogP) is 1.60. The van der Waals surface area contributed by atoms with Gasteiger partial charge in [-0.05, 0) is 32.1 Å². The Balaban J connectivity index is 1.99. The third kappa shape index (κ3) is 2.33. The molecule has 0 aromatic rings. The average molecular weight is 241 g/mol. The predicted molar refractivity (Wildman–Crippen MR) is 64.9 cm³/mol. The zero-order valence-electron chi connectivity index (χ0n) is 10.8.